The second kappa shape index (κ2) is 9.02. The van der Waals surface area contributed by atoms with Gasteiger partial charge in [0.2, 0.25) is 5.91 Å². The van der Waals surface area contributed by atoms with E-state index in [0.29, 0.717) is 25.9 Å². The molecule has 2 amide bonds. The van der Waals surface area contributed by atoms with Crippen molar-refractivity contribution in [2.75, 3.05) is 26.2 Å². The Morgan fingerprint density at radius 1 is 1.09 bits per heavy atom. The molecule has 184 valence electrons. The molecule has 0 radical (unpaired) electrons. The first-order chi connectivity index (χ1) is 16.8. The van der Waals surface area contributed by atoms with Gasteiger partial charge in [0.15, 0.2) is 0 Å². The molecule has 1 saturated carbocycles. The summed E-state index contributed by atoms with van der Waals surface area (Å²) >= 11 is 0. The van der Waals surface area contributed by atoms with E-state index in [1.165, 1.54) is 22.3 Å². The van der Waals surface area contributed by atoms with E-state index in [-0.39, 0.29) is 42.7 Å². The van der Waals surface area contributed by atoms with Crippen molar-refractivity contribution in [2.24, 2.45) is 23.2 Å². The van der Waals surface area contributed by atoms with Crippen molar-refractivity contribution in [1.29, 1.82) is 0 Å². The molecule has 1 heterocycles. The average Bonchev–Trinajstić information content (AvgIpc) is 3.35. The van der Waals surface area contributed by atoms with Crippen molar-refractivity contribution < 1.29 is 24.2 Å². The predicted octanol–water partition coefficient (Wildman–Crippen LogP) is 4.12. The summed E-state index contributed by atoms with van der Waals surface area (Å²) < 4.78 is 5.58. The van der Waals surface area contributed by atoms with Crippen LogP contribution in [-0.4, -0.2) is 54.2 Å². The number of ether oxygens (including phenoxy) is 1. The van der Waals surface area contributed by atoms with Gasteiger partial charge in [0.1, 0.15) is 6.61 Å². The van der Waals surface area contributed by atoms with Crippen LogP contribution in [0.5, 0.6) is 0 Å². The lowest BCUT2D eigenvalue weighted by molar-refractivity contribution is -0.151. The van der Waals surface area contributed by atoms with E-state index < -0.39 is 17.5 Å². The van der Waals surface area contributed by atoms with E-state index in [0.717, 1.165) is 0 Å². The molecular formula is C28H32N2O5. The monoisotopic (exact) mass is 476 g/mol. The Kier molecular flexibility index (Phi) is 6.03. The smallest absolute Gasteiger partial charge is 0.407 e. The topological polar surface area (TPSA) is 95.9 Å². The molecule has 0 aromatic heterocycles. The van der Waals surface area contributed by atoms with E-state index in [1.54, 1.807) is 4.90 Å². The van der Waals surface area contributed by atoms with Crippen molar-refractivity contribution in [1.82, 2.24) is 10.2 Å². The number of hydrogen-bond donors (Lipinski definition) is 2. The molecule has 5 rings (SSSR count). The normalized spacial score (nSPS) is 24.7. The molecule has 2 aromatic rings. The molecule has 0 spiro atoms. The van der Waals surface area contributed by atoms with Gasteiger partial charge in [0.05, 0.1) is 5.41 Å². The molecule has 7 heteroatoms. The van der Waals surface area contributed by atoms with Crippen LogP contribution in [-0.2, 0) is 14.3 Å². The van der Waals surface area contributed by atoms with E-state index >= 15 is 0 Å². The number of likely N-dealkylation sites (tertiary alicyclic amines) is 1. The number of nitrogens with zero attached hydrogens (tertiary/aromatic N) is 1. The summed E-state index contributed by atoms with van der Waals surface area (Å²) in [6.45, 7) is 5.19. The van der Waals surface area contributed by atoms with Crippen molar-refractivity contribution in [2.45, 2.75) is 32.6 Å². The summed E-state index contributed by atoms with van der Waals surface area (Å²) in [6.07, 6.45) is 0.720. The van der Waals surface area contributed by atoms with Crippen LogP contribution < -0.4 is 5.32 Å². The largest absolute Gasteiger partial charge is 0.481 e. The van der Waals surface area contributed by atoms with Gasteiger partial charge in [-0.2, -0.15) is 0 Å². The average molecular weight is 477 g/mol. The van der Waals surface area contributed by atoms with Gasteiger partial charge in [-0.1, -0.05) is 62.4 Å². The van der Waals surface area contributed by atoms with Gasteiger partial charge in [0, 0.05) is 31.5 Å². The molecule has 1 aliphatic heterocycles. The Bertz CT molecular complexity index is 1120. The molecule has 0 bridgehead atoms. The van der Waals surface area contributed by atoms with Crippen LogP contribution in [0.2, 0.25) is 0 Å². The summed E-state index contributed by atoms with van der Waals surface area (Å²) in [5.41, 5.74) is 3.84. The van der Waals surface area contributed by atoms with Crippen LogP contribution >= 0.6 is 0 Å². The van der Waals surface area contributed by atoms with E-state index in [2.05, 4.69) is 29.6 Å². The number of fused-ring (bicyclic) bond motifs is 3. The Labute approximate surface area is 205 Å². The van der Waals surface area contributed by atoms with Gasteiger partial charge in [0.25, 0.3) is 0 Å². The lowest BCUT2D eigenvalue weighted by Crippen LogP contribution is -2.41. The first-order valence-electron chi connectivity index (χ1n) is 12.4. The zero-order chi connectivity index (χ0) is 24.7. The second-order valence-corrected chi connectivity index (χ2v) is 10.4. The van der Waals surface area contributed by atoms with Crippen molar-refractivity contribution in [3.8, 4) is 11.1 Å². The molecule has 1 unspecified atom stereocenters. The molecule has 2 fully saturated rings. The molecule has 2 aliphatic carbocycles. The number of nitrogens with one attached hydrogen (secondary N) is 1. The summed E-state index contributed by atoms with van der Waals surface area (Å²) in [7, 11) is 0. The van der Waals surface area contributed by atoms with Crippen LogP contribution in [0.15, 0.2) is 48.5 Å². The summed E-state index contributed by atoms with van der Waals surface area (Å²) in [6, 6.07) is 16.4. The van der Waals surface area contributed by atoms with Crippen LogP contribution in [0.25, 0.3) is 11.1 Å². The number of carbonyl (C=O) groups is 3. The van der Waals surface area contributed by atoms with Crippen molar-refractivity contribution in [3.05, 3.63) is 59.7 Å². The Balaban J connectivity index is 1.11. The minimum absolute atomic E-state index is 0.00751. The third kappa shape index (κ3) is 4.17. The lowest BCUT2D eigenvalue weighted by atomic mass is 9.76. The number of aliphatic carboxylic acids is 1. The summed E-state index contributed by atoms with van der Waals surface area (Å²) in [5, 5.41) is 12.5. The summed E-state index contributed by atoms with van der Waals surface area (Å²) in [4.78, 5) is 38.9. The maximum atomic E-state index is 12.9. The van der Waals surface area contributed by atoms with E-state index in [4.69, 9.17) is 4.74 Å². The van der Waals surface area contributed by atoms with Crippen LogP contribution in [0, 0.1) is 23.2 Å². The number of alkyl carbamates (subject to hydrolysis) is 1. The highest BCUT2D eigenvalue weighted by Gasteiger charge is 2.52. The third-order valence-corrected chi connectivity index (χ3v) is 8.24. The van der Waals surface area contributed by atoms with Crippen molar-refractivity contribution in [3.63, 3.8) is 0 Å². The first-order valence-corrected chi connectivity index (χ1v) is 12.4. The van der Waals surface area contributed by atoms with Gasteiger partial charge in [-0.3, -0.25) is 9.59 Å². The number of benzene rings is 2. The fraction of sp³-hybridized carbons (Fsp3) is 0.464. The van der Waals surface area contributed by atoms with Gasteiger partial charge >= 0.3 is 12.1 Å². The van der Waals surface area contributed by atoms with E-state index in [1.807, 2.05) is 38.1 Å². The number of carboxylic acids is 1. The fourth-order valence-corrected chi connectivity index (χ4v) is 5.79. The minimum Gasteiger partial charge on any atom is -0.481 e. The minimum atomic E-state index is -0.862. The zero-order valence-corrected chi connectivity index (χ0v) is 20.2. The maximum Gasteiger partial charge on any atom is 0.407 e. The SMILES string of the molecule is CC(C)C1(C(=O)O)CCN(C(=O)[C@@H]2C[C@@H]2CNC(=O)OCC2c3ccccc3-c3ccccc32)C1. The molecule has 2 aromatic carbocycles. The van der Waals surface area contributed by atoms with Crippen molar-refractivity contribution >= 4 is 18.0 Å². The molecular weight excluding hydrogens is 444 g/mol. The van der Waals surface area contributed by atoms with Crippen LogP contribution in [0.4, 0.5) is 4.79 Å². The third-order valence-electron chi connectivity index (χ3n) is 8.24. The van der Waals surface area contributed by atoms with Gasteiger partial charge in [-0.25, -0.2) is 4.79 Å². The molecule has 3 aliphatic rings. The first kappa shape index (κ1) is 23.4. The summed E-state index contributed by atoms with van der Waals surface area (Å²) in [5.74, 6) is -0.931. The highest BCUT2D eigenvalue weighted by atomic mass is 16.5. The maximum absolute atomic E-state index is 12.9. The quantitative estimate of drug-likeness (QED) is 0.627. The number of carbonyl (C=O) groups excluding carboxylic acids is 2. The molecule has 2 N–H and O–H groups in total. The number of rotatable bonds is 7. The van der Waals surface area contributed by atoms with Crippen LogP contribution in [0.3, 0.4) is 0 Å². The molecule has 35 heavy (non-hydrogen) atoms. The molecule has 7 nitrogen and oxygen atoms in total. The number of hydrogen-bond acceptors (Lipinski definition) is 4. The number of amides is 2. The lowest BCUT2D eigenvalue weighted by Gasteiger charge is -2.28. The molecule has 3 atom stereocenters. The zero-order valence-electron chi connectivity index (χ0n) is 20.2. The van der Waals surface area contributed by atoms with Gasteiger partial charge in [-0.05, 0) is 46.9 Å². The van der Waals surface area contributed by atoms with Gasteiger partial charge < -0.3 is 20.1 Å². The number of carboxylic acid groups (broad SMARTS) is 1. The second-order valence-electron chi connectivity index (χ2n) is 10.4. The fourth-order valence-electron chi connectivity index (χ4n) is 5.79. The Hall–Kier alpha value is -3.35. The highest BCUT2D eigenvalue weighted by molar-refractivity contribution is 5.84. The van der Waals surface area contributed by atoms with Crippen LogP contribution in [0.1, 0.15) is 43.7 Å². The van der Waals surface area contributed by atoms with Gasteiger partial charge in [-0.15, -0.1) is 0 Å². The predicted molar refractivity (Wildman–Crippen MR) is 131 cm³/mol. The Morgan fingerprint density at radius 3 is 2.29 bits per heavy atom. The highest BCUT2D eigenvalue weighted by Crippen LogP contribution is 2.45. The standard InChI is InChI=1S/C28H32N2O5/c1-17(2)28(26(32)33)11-12-30(16-28)25(31)23-13-18(23)14-29-27(34)35-15-24-21-9-5-3-7-19(21)20-8-4-6-10-22(20)24/h3-10,17-18,23-24H,11-16H2,1-2H3,(H,29,34)(H,32,33)/t18-,23-,28?/m1/s1. The Morgan fingerprint density at radius 2 is 1.71 bits per heavy atom. The molecule has 1 saturated heterocycles. The van der Waals surface area contributed by atoms with E-state index in [9.17, 15) is 19.5 Å².